The summed E-state index contributed by atoms with van der Waals surface area (Å²) in [5.41, 5.74) is 6.81. The molecule has 0 radical (unpaired) electrons. The quantitative estimate of drug-likeness (QED) is 0.756. The summed E-state index contributed by atoms with van der Waals surface area (Å²) in [6.07, 6.45) is 4.69. The molecule has 76 valence electrons. The van der Waals surface area contributed by atoms with Gasteiger partial charge in [0, 0.05) is 25.6 Å². The van der Waals surface area contributed by atoms with Crippen LogP contribution in [-0.4, -0.2) is 29.9 Å². The number of carbonyl (C=O) groups is 1. The summed E-state index contributed by atoms with van der Waals surface area (Å²) in [5.74, 6) is 0.168. The summed E-state index contributed by atoms with van der Waals surface area (Å²) in [6, 6.07) is 1.94. The molecule has 14 heavy (non-hydrogen) atoms. The molecule has 1 aromatic heterocycles. The first-order valence-electron chi connectivity index (χ1n) is 4.80. The second-order valence-electron chi connectivity index (χ2n) is 3.69. The van der Waals surface area contributed by atoms with Crippen LogP contribution in [0.5, 0.6) is 0 Å². The Balaban J connectivity index is 1.84. The first-order valence-corrected chi connectivity index (χ1v) is 4.80. The Kier molecular flexibility index (Phi) is 2.54. The SMILES string of the molecule is NC1CC(=O)N(CCc2ccoc2)C1. The second kappa shape index (κ2) is 3.84. The molecule has 2 heterocycles. The summed E-state index contributed by atoms with van der Waals surface area (Å²) in [6.45, 7) is 1.43. The van der Waals surface area contributed by atoms with E-state index in [1.807, 2.05) is 11.0 Å². The molecule has 0 aromatic carbocycles. The Labute approximate surface area is 82.7 Å². The maximum Gasteiger partial charge on any atom is 0.224 e. The van der Waals surface area contributed by atoms with Gasteiger partial charge in [0.05, 0.1) is 12.5 Å². The van der Waals surface area contributed by atoms with Gasteiger partial charge in [-0.2, -0.15) is 0 Å². The molecule has 0 aliphatic carbocycles. The molecule has 1 unspecified atom stereocenters. The molecular formula is C10H14N2O2. The number of rotatable bonds is 3. The van der Waals surface area contributed by atoms with Crippen LogP contribution < -0.4 is 5.73 Å². The van der Waals surface area contributed by atoms with Gasteiger partial charge in [-0.15, -0.1) is 0 Å². The molecule has 1 aliphatic heterocycles. The third-order valence-electron chi connectivity index (χ3n) is 2.49. The summed E-state index contributed by atoms with van der Waals surface area (Å²) in [7, 11) is 0. The number of likely N-dealkylation sites (tertiary alicyclic amines) is 1. The van der Waals surface area contributed by atoms with Crippen LogP contribution >= 0.6 is 0 Å². The third-order valence-corrected chi connectivity index (χ3v) is 2.49. The average molecular weight is 194 g/mol. The minimum atomic E-state index is 0.0202. The van der Waals surface area contributed by atoms with Crippen LogP contribution in [0.3, 0.4) is 0 Å². The van der Waals surface area contributed by atoms with Crippen molar-refractivity contribution in [1.82, 2.24) is 4.90 Å². The molecule has 1 aliphatic rings. The van der Waals surface area contributed by atoms with Gasteiger partial charge in [0.1, 0.15) is 0 Å². The molecule has 0 bridgehead atoms. The number of furan rings is 1. The van der Waals surface area contributed by atoms with E-state index in [0.717, 1.165) is 18.5 Å². The summed E-state index contributed by atoms with van der Waals surface area (Å²) < 4.78 is 4.95. The molecule has 2 N–H and O–H groups in total. The van der Waals surface area contributed by atoms with E-state index in [2.05, 4.69) is 0 Å². The van der Waals surface area contributed by atoms with E-state index in [4.69, 9.17) is 10.2 Å². The van der Waals surface area contributed by atoms with Crippen molar-refractivity contribution in [2.75, 3.05) is 13.1 Å². The monoisotopic (exact) mass is 194 g/mol. The van der Waals surface area contributed by atoms with Gasteiger partial charge in [-0.05, 0) is 18.1 Å². The van der Waals surface area contributed by atoms with Gasteiger partial charge in [-0.3, -0.25) is 4.79 Å². The Morgan fingerprint density at radius 1 is 1.64 bits per heavy atom. The van der Waals surface area contributed by atoms with Gasteiger partial charge in [-0.25, -0.2) is 0 Å². The fourth-order valence-electron chi connectivity index (χ4n) is 1.72. The lowest BCUT2D eigenvalue weighted by Gasteiger charge is -2.14. The van der Waals surface area contributed by atoms with E-state index in [0.29, 0.717) is 13.0 Å². The molecule has 0 spiro atoms. The van der Waals surface area contributed by atoms with E-state index < -0.39 is 0 Å². The third kappa shape index (κ3) is 1.96. The van der Waals surface area contributed by atoms with Gasteiger partial charge in [0.25, 0.3) is 0 Å². The molecule has 1 fully saturated rings. The average Bonchev–Trinajstić information content (AvgIpc) is 2.72. The number of nitrogens with zero attached hydrogens (tertiary/aromatic N) is 1. The van der Waals surface area contributed by atoms with Crippen LogP contribution in [0, 0.1) is 0 Å². The lowest BCUT2D eigenvalue weighted by atomic mass is 10.2. The van der Waals surface area contributed by atoms with Gasteiger partial charge in [-0.1, -0.05) is 0 Å². The number of amides is 1. The van der Waals surface area contributed by atoms with Crippen LogP contribution in [0.15, 0.2) is 23.0 Å². The predicted molar refractivity (Wildman–Crippen MR) is 51.6 cm³/mol. The van der Waals surface area contributed by atoms with Crippen molar-refractivity contribution in [2.45, 2.75) is 18.9 Å². The minimum Gasteiger partial charge on any atom is -0.472 e. The number of nitrogens with two attached hydrogens (primary N) is 1. The van der Waals surface area contributed by atoms with Gasteiger partial charge in [0.2, 0.25) is 5.91 Å². The zero-order valence-corrected chi connectivity index (χ0v) is 7.98. The molecule has 0 saturated carbocycles. The lowest BCUT2D eigenvalue weighted by Crippen LogP contribution is -2.30. The lowest BCUT2D eigenvalue weighted by molar-refractivity contribution is -0.127. The minimum absolute atomic E-state index is 0.0202. The highest BCUT2D eigenvalue weighted by molar-refractivity contribution is 5.79. The van der Waals surface area contributed by atoms with Crippen molar-refractivity contribution in [3.63, 3.8) is 0 Å². The van der Waals surface area contributed by atoms with E-state index >= 15 is 0 Å². The molecule has 1 atom stereocenters. The van der Waals surface area contributed by atoms with E-state index in [1.165, 1.54) is 0 Å². The maximum atomic E-state index is 11.4. The van der Waals surface area contributed by atoms with Gasteiger partial charge >= 0.3 is 0 Å². The van der Waals surface area contributed by atoms with Crippen molar-refractivity contribution in [3.05, 3.63) is 24.2 Å². The molecule has 1 saturated heterocycles. The van der Waals surface area contributed by atoms with E-state index in [9.17, 15) is 4.79 Å². The largest absolute Gasteiger partial charge is 0.472 e. The number of hydrogen-bond acceptors (Lipinski definition) is 3. The topological polar surface area (TPSA) is 59.5 Å². The fraction of sp³-hybridized carbons (Fsp3) is 0.500. The molecule has 4 heteroatoms. The second-order valence-corrected chi connectivity index (χ2v) is 3.69. The Morgan fingerprint density at radius 3 is 3.07 bits per heavy atom. The summed E-state index contributed by atoms with van der Waals surface area (Å²) in [5, 5.41) is 0. The Hall–Kier alpha value is -1.29. The standard InChI is InChI=1S/C10H14N2O2/c11-9-5-10(13)12(6-9)3-1-8-2-4-14-7-8/h2,4,7,9H,1,3,5-6,11H2. The maximum absolute atomic E-state index is 11.4. The van der Waals surface area contributed by atoms with Crippen molar-refractivity contribution in [1.29, 1.82) is 0 Å². The van der Waals surface area contributed by atoms with Crippen molar-refractivity contribution >= 4 is 5.91 Å². The van der Waals surface area contributed by atoms with Crippen LogP contribution in [0.1, 0.15) is 12.0 Å². The number of hydrogen-bond donors (Lipinski definition) is 1. The van der Waals surface area contributed by atoms with Crippen LogP contribution in [0.25, 0.3) is 0 Å². The first-order chi connectivity index (χ1) is 6.75. The zero-order valence-electron chi connectivity index (χ0n) is 7.98. The van der Waals surface area contributed by atoms with Crippen molar-refractivity contribution < 1.29 is 9.21 Å². The van der Waals surface area contributed by atoms with Crippen LogP contribution in [-0.2, 0) is 11.2 Å². The molecule has 4 nitrogen and oxygen atoms in total. The first kappa shape index (κ1) is 9.27. The Morgan fingerprint density at radius 2 is 2.50 bits per heavy atom. The molecular weight excluding hydrogens is 180 g/mol. The smallest absolute Gasteiger partial charge is 0.224 e. The molecule has 2 rings (SSSR count). The van der Waals surface area contributed by atoms with Gasteiger partial charge in [0.15, 0.2) is 0 Å². The summed E-state index contributed by atoms with van der Waals surface area (Å²) >= 11 is 0. The highest BCUT2D eigenvalue weighted by atomic mass is 16.3. The molecule has 1 amide bonds. The van der Waals surface area contributed by atoms with Crippen LogP contribution in [0.4, 0.5) is 0 Å². The van der Waals surface area contributed by atoms with E-state index in [1.54, 1.807) is 12.5 Å². The molecule has 1 aromatic rings. The van der Waals surface area contributed by atoms with E-state index in [-0.39, 0.29) is 11.9 Å². The highest BCUT2D eigenvalue weighted by Gasteiger charge is 2.26. The van der Waals surface area contributed by atoms with Crippen molar-refractivity contribution in [2.24, 2.45) is 5.73 Å². The Bertz CT molecular complexity index is 308. The van der Waals surface area contributed by atoms with Crippen molar-refractivity contribution in [3.8, 4) is 0 Å². The fourth-order valence-corrected chi connectivity index (χ4v) is 1.72. The predicted octanol–water partition coefficient (Wildman–Crippen LogP) is 0.382. The van der Waals surface area contributed by atoms with Crippen LogP contribution in [0.2, 0.25) is 0 Å². The van der Waals surface area contributed by atoms with Gasteiger partial charge < -0.3 is 15.1 Å². The highest BCUT2D eigenvalue weighted by Crippen LogP contribution is 2.10. The number of carbonyl (C=O) groups excluding carboxylic acids is 1. The summed E-state index contributed by atoms with van der Waals surface area (Å²) in [4.78, 5) is 13.2. The zero-order chi connectivity index (χ0) is 9.97. The normalized spacial score (nSPS) is 21.9.